The van der Waals surface area contributed by atoms with E-state index in [2.05, 4.69) is 4.74 Å². The molecule has 1 saturated heterocycles. The van der Waals surface area contributed by atoms with Gasteiger partial charge in [-0.25, -0.2) is 4.79 Å². The van der Waals surface area contributed by atoms with Gasteiger partial charge in [0.1, 0.15) is 0 Å². The van der Waals surface area contributed by atoms with E-state index in [1.54, 1.807) is 47.1 Å². The Bertz CT molecular complexity index is 637. The standard InChI is InChI=1S/C18H22N2O4/c1-14(21)19-10-3-11-20(13-12-19)17(22)9-6-15-4-7-16(8-5-15)18(23)24-2/h4-9H,3,10-13H2,1-2H3/b9-6+. The first-order chi connectivity index (χ1) is 11.5. The van der Waals surface area contributed by atoms with Crippen LogP contribution in [0.15, 0.2) is 30.3 Å². The number of nitrogens with zero attached hydrogens (tertiary/aromatic N) is 2. The Hall–Kier alpha value is -2.63. The van der Waals surface area contributed by atoms with Crippen LogP contribution in [0.25, 0.3) is 6.08 Å². The molecule has 0 aromatic heterocycles. The summed E-state index contributed by atoms with van der Waals surface area (Å²) in [6, 6.07) is 6.84. The quantitative estimate of drug-likeness (QED) is 0.623. The van der Waals surface area contributed by atoms with Gasteiger partial charge in [0, 0.05) is 39.2 Å². The second-order valence-electron chi connectivity index (χ2n) is 5.63. The van der Waals surface area contributed by atoms with E-state index in [0.29, 0.717) is 31.7 Å². The van der Waals surface area contributed by atoms with Crippen molar-refractivity contribution >= 4 is 23.9 Å². The fraction of sp³-hybridized carbons (Fsp3) is 0.389. The summed E-state index contributed by atoms with van der Waals surface area (Å²) in [4.78, 5) is 38.6. The number of methoxy groups -OCH3 is 1. The van der Waals surface area contributed by atoms with Crippen LogP contribution in [0, 0.1) is 0 Å². The fourth-order valence-electron chi connectivity index (χ4n) is 2.57. The SMILES string of the molecule is COC(=O)c1ccc(/C=C/C(=O)N2CCCN(C(C)=O)CC2)cc1. The molecule has 0 N–H and O–H groups in total. The van der Waals surface area contributed by atoms with Gasteiger partial charge in [0.2, 0.25) is 11.8 Å². The van der Waals surface area contributed by atoms with Crippen LogP contribution >= 0.6 is 0 Å². The predicted octanol–water partition coefficient (Wildman–Crippen LogP) is 1.57. The average Bonchev–Trinajstić information content (AvgIpc) is 2.85. The number of amides is 2. The summed E-state index contributed by atoms with van der Waals surface area (Å²) in [5.74, 6) is -0.413. The van der Waals surface area contributed by atoms with Crippen LogP contribution in [-0.4, -0.2) is 60.9 Å². The Morgan fingerprint density at radius 3 is 2.25 bits per heavy atom. The third kappa shape index (κ3) is 4.68. The molecular formula is C18H22N2O4. The number of rotatable bonds is 3. The van der Waals surface area contributed by atoms with Crippen LogP contribution in [-0.2, 0) is 14.3 Å². The van der Waals surface area contributed by atoms with Gasteiger partial charge in [0.05, 0.1) is 12.7 Å². The molecule has 0 radical (unpaired) electrons. The number of esters is 1. The molecule has 2 rings (SSSR count). The number of carbonyl (C=O) groups is 3. The molecule has 0 spiro atoms. The van der Waals surface area contributed by atoms with Gasteiger partial charge in [-0.1, -0.05) is 12.1 Å². The molecule has 0 saturated carbocycles. The highest BCUT2D eigenvalue weighted by Gasteiger charge is 2.18. The first kappa shape index (κ1) is 17.7. The lowest BCUT2D eigenvalue weighted by Crippen LogP contribution is -2.35. The van der Waals surface area contributed by atoms with Crippen molar-refractivity contribution in [3.8, 4) is 0 Å². The second kappa shape index (κ2) is 8.29. The largest absolute Gasteiger partial charge is 0.465 e. The molecule has 128 valence electrons. The van der Waals surface area contributed by atoms with E-state index >= 15 is 0 Å². The summed E-state index contributed by atoms with van der Waals surface area (Å²) in [5.41, 5.74) is 1.30. The second-order valence-corrected chi connectivity index (χ2v) is 5.63. The van der Waals surface area contributed by atoms with Gasteiger partial charge in [-0.2, -0.15) is 0 Å². The van der Waals surface area contributed by atoms with E-state index in [1.165, 1.54) is 13.2 Å². The Morgan fingerprint density at radius 1 is 1.00 bits per heavy atom. The lowest BCUT2D eigenvalue weighted by molar-refractivity contribution is -0.130. The molecule has 0 aliphatic carbocycles. The number of ether oxygens (including phenoxy) is 1. The van der Waals surface area contributed by atoms with Gasteiger partial charge in [-0.3, -0.25) is 9.59 Å². The highest BCUT2D eigenvalue weighted by Crippen LogP contribution is 2.09. The van der Waals surface area contributed by atoms with Crippen LogP contribution in [0.1, 0.15) is 29.3 Å². The molecule has 1 aliphatic rings. The zero-order chi connectivity index (χ0) is 17.5. The molecule has 0 unspecified atom stereocenters. The average molecular weight is 330 g/mol. The summed E-state index contributed by atoms with van der Waals surface area (Å²) < 4.78 is 4.65. The summed E-state index contributed by atoms with van der Waals surface area (Å²) in [6.45, 7) is 4.01. The number of hydrogen-bond donors (Lipinski definition) is 0. The predicted molar refractivity (Wildman–Crippen MR) is 90.3 cm³/mol. The molecule has 24 heavy (non-hydrogen) atoms. The summed E-state index contributed by atoms with van der Waals surface area (Å²) in [5, 5.41) is 0. The minimum absolute atomic E-state index is 0.0468. The minimum atomic E-state index is -0.388. The van der Waals surface area contributed by atoms with Crippen molar-refractivity contribution in [3.63, 3.8) is 0 Å². The summed E-state index contributed by atoms with van der Waals surface area (Å²) in [6.07, 6.45) is 4.03. The molecule has 1 heterocycles. The third-order valence-corrected chi connectivity index (χ3v) is 4.00. The summed E-state index contributed by atoms with van der Waals surface area (Å²) >= 11 is 0. The minimum Gasteiger partial charge on any atom is -0.465 e. The van der Waals surface area contributed by atoms with Gasteiger partial charge in [0.15, 0.2) is 0 Å². The first-order valence-electron chi connectivity index (χ1n) is 7.92. The van der Waals surface area contributed by atoms with Crippen LogP contribution < -0.4 is 0 Å². The van der Waals surface area contributed by atoms with Crippen molar-refractivity contribution in [2.75, 3.05) is 33.3 Å². The first-order valence-corrected chi connectivity index (χ1v) is 7.92. The van der Waals surface area contributed by atoms with Gasteiger partial charge in [-0.15, -0.1) is 0 Å². The Morgan fingerprint density at radius 2 is 1.62 bits per heavy atom. The fourth-order valence-corrected chi connectivity index (χ4v) is 2.57. The molecular weight excluding hydrogens is 308 g/mol. The van der Waals surface area contributed by atoms with Gasteiger partial charge >= 0.3 is 5.97 Å². The lowest BCUT2D eigenvalue weighted by atomic mass is 10.1. The Labute approximate surface area is 141 Å². The van der Waals surface area contributed by atoms with Crippen molar-refractivity contribution in [1.82, 2.24) is 9.80 Å². The monoisotopic (exact) mass is 330 g/mol. The van der Waals surface area contributed by atoms with Crippen molar-refractivity contribution in [2.24, 2.45) is 0 Å². The molecule has 6 nitrogen and oxygen atoms in total. The van der Waals surface area contributed by atoms with Crippen LogP contribution in [0.2, 0.25) is 0 Å². The van der Waals surface area contributed by atoms with Crippen LogP contribution in [0.3, 0.4) is 0 Å². The molecule has 1 aromatic rings. The Balaban J connectivity index is 1.95. The highest BCUT2D eigenvalue weighted by atomic mass is 16.5. The third-order valence-electron chi connectivity index (χ3n) is 4.00. The zero-order valence-corrected chi connectivity index (χ0v) is 14.0. The van der Waals surface area contributed by atoms with Gasteiger partial charge in [0.25, 0.3) is 0 Å². The van der Waals surface area contributed by atoms with E-state index in [-0.39, 0.29) is 17.8 Å². The van der Waals surface area contributed by atoms with Crippen LogP contribution in [0.5, 0.6) is 0 Å². The van der Waals surface area contributed by atoms with E-state index in [9.17, 15) is 14.4 Å². The molecule has 1 fully saturated rings. The molecule has 0 bridgehead atoms. The number of carbonyl (C=O) groups excluding carboxylic acids is 3. The normalized spacial score (nSPS) is 15.2. The molecule has 1 aromatic carbocycles. The van der Waals surface area contributed by atoms with Crippen LogP contribution in [0.4, 0.5) is 0 Å². The van der Waals surface area contributed by atoms with Gasteiger partial charge < -0.3 is 14.5 Å². The van der Waals surface area contributed by atoms with E-state index < -0.39 is 0 Å². The maximum Gasteiger partial charge on any atom is 0.337 e. The van der Waals surface area contributed by atoms with Gasteiger partial charge in [-0.05, 0) is 30.2 Å². The summed E-state index contributed by atoms with van der Waals surface area (Å²) in [7, 11) is 1.34. The maximum absolute atomic E-state index is 12.3. The molecule has 0 atom stereocenters. The molecule has 1 aliphatic heterocycles. The number of hydrogen-bond acceptors (Lipinski definition) is 4. The zero-order valence-electron chi connectivity index (χ0n) is 14.0. The lowest BCUT2D eigenvalue weighted by Gasteiger charge is -2.20. The smallest absolute Gasteiger partial charge is 0.337 e. The van der Waals surface area contributed by atoms with Crippen molar-refractivity contribution in [2.45, 2.75) is 13.3 Å². The topological polar surface area (TPSA) is 66.9 Å². The maximum atomic E-state index is 12.3. The van der Waals surface area contributed by atoms with E-state index in [1.807, 2.05) is 0 Å². The van der Waals surface area contributed by atoms with E-state index in [4.69, 9.17) is 0 Å². The van der Waals surface area contributed by atoms with Crippen molar-refractivity contribution < 1.29 is 19.1 Å². The molecule has 2 amide bonds. The Kier molecular flexibility index (Phi) is 6.12. The molecule has 6 heteroatoms. The van der Waals surface area contributed by atoms with Crippen molar-refractivity contribution in [3.05, 3.63) is 41.5 Å². The van der Waals surface area contributed by atoms with E-state index in [0.717, 1.165) is 12.0 Å². The van der Waals surface area contributed by atoms with Crippen molar-refractivity contribution in [1.29, 1.82) is 0 Å². The number of benzene rings is 1. The highest BCUT2D eigenvalue weighted by molar-refractivity contribution is 5.92.